The zero-order valence-electron chi connectivity index (χ0n) is 15.6. The fraction of sp³-hybridized carbons (Fsp3) is 0.333. The number of methoxy groups -OCH3 is 1. The zero-order valence-corrected chi connectivity index (χ0v) is 15.6. The predicted molar refractivity (Wildman–Crippen MR) is 103 cm³/mol. The molecule has 2 aromatic carbocycles. The lowest BCUT2D eigenvalue weighted by Crippen LogP contribution is -2.39. The summed E-state index contributed by atoms with van der Waals surface area (Å²) in [6, 6.07) is 12.7. The molecule has 1 heterocycles. The Labute approximate surface area is 163 Å². The molecule has 1 aliphatic heterocycles. The van der Waals surface area contributed by atoms with Crippen molar-refractivity contribution in [2.45, 2.75) is 19.4 Å². The molecule has 0 bridgehead atoms. The van der Waals surface area contributed by atoms with Crippen molar-refractivity contribution < 1.29 is 23.8 Å². The minimum atomic E-state index is -1.02. The molecule has 0 saturated heterocycles. The Bertz CT molecular complexity index is 907. The van der Waals surface area contributed by atoms with Crippen LogP contribution in [-0.2, 0) is 16.1 Å². The van der Waals surface area contributed by atoms with Crippen LogP contribution in [0.1, 0.15) is 18.4 Å². The summed E-state index contributed by atoms with van der Waals surface area (Å²) in [6.45, 7) is 1.29. The fourth-order valence-corrected chi connectivity index (χ4v) is 3.25. The third-order valence-electron chi connectivity index (χ3n) is 5.05. The van der Waals surface area contributed by atoms with Crippen LogP contribution in [0.25, 0.3) is 0 Å². The Balaban J connectivity index is 1.40. The lowest BCUT2D eigenvalue weighted by atomic mass is 10.0. The molecule has 7 heteroatoms. The second-order valence-electron chi connectivity index (χ2n) is 6.89. The number of para-hydroxylation sites is 1. The standard InChI is InChI=1S/C21H22N2O5/c1-26-16-5-3-2-4-14(16)13-22-19(24)21(8-9-21)20(25)23-15-6-7-17-18(12-15)28-11-10-27-17/h2-7,12H,8-11,13H2,1H3,(H,22,24)(H,23,25). The summed E-state index contributed by atoms with van der Waals surface area (Å²) in [6.07, 6.45) is 1.06. The van der Waals surface area contributed by atoms with Gasteiger partial charge in [0, 0.05) is 23.9 Å². The Kier molecular flexibility index (Phi) is 4.81. The van der Waals surface area contributed by atoms with Gasteiger partial charge in [0.1, 0.15) is 24.4 Å². The molecule has 0 atom stereocenters. The van der Waals surface area contributed by atoms with Gasteiger partial charge in [0.15, 0.2) is 11.5 Å². The highest BCUT2D eigenvalue weighted by molar-refractivity contribution is 6.13. The summed E-state index contributed by atoms with van der Waals surface area (Å²) in [5, 5.41) is 5.71. The molecule has 2 aromatic rings. The van der Waals surface area contributed by atoms with E-state index >= 15 is 0 Å². The van der Waals surface area contributed by atoms with Crippen LogP contribution in [-0.4, -0.2) is 32.1 Å². The Hall–Kier alpha value is -3.22. The smallest absolute Gasteiger partial charge is 0.240 e. The number of rotatable bonds is 6. The van der Waals surface area contributed by atoms with Crippen LogP contribution in [0.2, 0.25) is 0 Å². The number of nitrogens with one attached hydrogen (secondary N) is 2. The maximum absolute atomic E-state index is 12.8. The molecule has 0 radical (unpaired) electrons. The van der Waals surface area contributed by atoms with E-state index in [1.54, 1.807) is 25.3 Å². The van der Waals surface area contributed by atoms with Crippen LogP contribution in [0, 0.1) is 5.41 Å². The summed E-state index contributed by atoms with van der Waals surface area (Å²) in [5.41, 5.74) is 0.425. The lowest BCUT2D eigenvalue weighted by Gasteiger charge is -2.20. The first-order valence-electron chi connectivity index (χ1n) is 9.24. The van der Waals surface area contributed by atoms with Gasteiger partial charge in [-0.1, -0.05) is 18.2 Å². The van der Waals surface area contributed by atoms with Gasteiger partial charge in [0.05, 0.1) is 7.11 Å². The Morgan fingerprint density at radius 1 is 1.04 bits per heavy atom. The van der Waals surface area contributed by atoms with Gasteiger partial charge in [-0.15, -0.1) is 0 Å². The van der Waals surface area contributed by atoms with Crippen molar-refractivity contribution in [3.8, 4) is 17.2 Å². The van der Waals surface area contributed by atoms with Gasteiger partial charge in [-0.3, -0.25) is 9.59 Å². The Morgan fingerprint density at radius 2 is 1.79 bits per heavy atom. The van der Waals surface area contributed by atoms with Gasteiger partial charge in [-0.25, -0.2) is 0 Å². The summed E-state index contributed by atoms with van der Waals surface area (Å²) < 4.78 is 16.3. The highest BCUT2D eigenvalue weighted by atomic mass is 16.6. The molecule has 0 unspecified atom stereocenters. The van der Waals surface area contributed by atoms with Crippen molar-refractivity contribution in [2.75, 3.05) is 25.6 Å². The van der Waals surface area contributed by atoms with Crippen LogP contribution in [0.4, 0.5) is 5.69 Å². The summed E-state index contributed by atoms with van der Waals surface area (Å²) in [4.78, 5) is 25.5. The molecule has 28 heavy (non-hydrogen) atoms. The van der Waals surface area contributed by atoms with Gasteiger partial charge in [0.25, 0.3) is 0 Å². The fourth-order valence-electron chi connectivity index (χ4n) is 3.25. The van der Waals surface area contributed by atoms with Gasteiger partial charge in [-0.2, -0.15) is 0 Å². The number of carbonyl (C=O) groups excluding carboxylic acids is 2. The van der Waals surface area contributed by atoms with Crippen LogP contribution in [0.15, 0.2) is 42.5 Å². The van der Waals surface area contributed by atoms with Gasteiger partial charge in [-0.05, 0) is 31.0 Å². The van der Waals surface area contributed by atoms with Crippen molar-refractivity contribution in [2.24, 2.45) is 5.41 Å². The van der Waals surface area contributed by atoms with Crippen LogP contribution in [0.5, 0.6) is 17.2 Å². The van der Waals surface area contributed by atoms with Crippen LogP contribution < -0.4 is 24.8 Å². The van der Waals surface area contributed by atoms with Crippen LogP contribution >= 0.6 is 0 Å². The van der Waals surface area contributed by atoms with Gasteiger partial charge >= 0.3 is 0 Å². The maximum atomic E-state index is 12.8. The van der Waals surface area contributed by atoms with Gasteiger partial charge < -0.3 is 24.8 Å². The SMILES string of the molecule is COc1ccccc1CNC(=O)C1(C(=O)Nc2ccc3c(c2)OCCO3)CC1. The van der Waals surface area contributed by atoms with E-state index in [9.17, 15) is 9.59 Å². The number of amides is 2. The van der Waals surface area contributed by atoms with Crippen molar-refractivity contribution in [3.05, 3.63) is 48.0 Å². The number of benzene rings is 2. The van der Waals surface area contributed by atoms with E-state index < -0.39 is 5.41 Å². The molecule has 146 valence electrons. The van der Waals surface area contributed by atoms with E-state index in [4.69, 9.17) is 14.2 Å². The molecular formula is C21H22N2O5. The minimum absolute atomic E-state index is 0.270. The third kappa shape index (κ3) is 3.47. The first kappa shape index (κ1) is 18.2. The molecule has 2 N–H and O–H groups in total. The number of ether oxygens (including phenoxy) is 3. The monoisotopic (exact) mass is 382 g/mol. The van der Waals surface area contributed by atoms with Crippen molar-refractivity contribution in [3.63, 3.8) is 0 Å². The molecule has 0 aromatic heterocycles. The Morgan fingerprint density at radius 3 is 2.54 bits per heavy atom. The van der Waals surface area contributed by atoms with E-state index in [0.29, 0.717) is 55.5 Å². The number of carbonyl (C=O) groups is 2. The molecule has 2 amide bonds. The maximum Gasteiger partial charge on any atom is 0.240 e. The average molecular weight is 382 g/mol. The van der Waals surface area contributed by atoms with E-state index in [-0.39, 0.29) is 11.8 Å². The minimum Gasteiger partial charge on any atom is -0.496 e. The molecule has 7 nitrogen and oxygen atoms in total. The van der Waals surface area contributed by atoms with E-state index in [1.807, 2.05) is 24.3 Å². The first-order chi connectivity index (χ1) is 13.6. The second kappa shape index (κ2) is 7.42. The topological polar surface area (TPSA) is 85.9 Å². The highest BCUT2D eigenvalue weighted by Gasteiger charge is 2.56. The van der Waals surface area contributed by atoms with Crippen molar-refractivity contribution in [1.29, 1.82) is 0 Å². The van der Waals surface area contributed by atoms with Gasteiger partial charge in [0.2, 0.25) is 11.8 Å². The summed E-state index contributed by atoms with van der Waals surface area (Å²) in [7, 11) is 1.59. The second-order valence-corrected chi connectivity index (χ2v) is 6.89. The highest BCUT2D eigenvalue weighted by Crippen LogP contribution is 2.47. The molecule has 4 rings (SSSR count). The largest absolute Gasteiger partial charge is 0.496 e. The number of hydrogen-bond acceptors (Lipinski definition) is 5. The third-order valence-corrected chi connectivity index (χ3v) is 5.05. The van der Waals surface area contributed by atoms with E-state index in [0.717, 1.165) is 5.56 Å². The molecule has 0 spiro atoms. The molecule has 1 aliphatic carbocycles. The zero-order chi connectivity index (χ0) is 19.6. The average Bonchev–Trinajstić information content (AvgIpc) is 3.54. The van der Waals surface area contributed by atoms with Crippen LogP contribution in [0.3, 0.4) is 0 Å². The van der Waals surface area contributed by atoms with Crippen molar-refractivity contribution >= 4 is 17.5 Å². The molecule has 2 aliphatic rings. The molecule has 1 saturated carbocycles. The molecular weight excluding hydrogens is 360 g/mol. The predicted octanol–water partition coefficient (Wildman–Crippen LogP) is 2.50. The lowest BCUT2D eigenvalue weighted by molar-refractivity contribution is -0.134. The van der Waals surface area contributed by atoms with E-state index in [2.05, 4.69) is 10.6 Å². The first-order valence-corrected chi connectivity index (χ1v) is 9.24. The number of anilines is 1. The van der Waals surface area contributed by atoms with E-state index in [1.165, 1.54) is 0 Å². The quantitative estimate of drug-likeness (QED) is 0.750. The normalized spacial score (nSPS) is 16.0. The summed E-state index contributed by atoms with van der Waals surface area (Å²) >= 11 is 0. The number of fused-ring (bicyclic) bond motifs is 1. The number of hydrogen-bond donors (Lipinski definition) is 2. The van der Waals surface area contributed by atoms with Crippen molar-refractivity contribution in [1.82, 2.24) is 5.32 Å². The summed E-state index contributed by atoms with van der Waals surface area (Å²) in [5.74, 6) is 1.37. The molecule has 1 fully saturated rings.